The largest absolute Gasteiger partial charge is 0.347 e. The summed E-state index contributed by atoms with van der Waals surface area (Å²) >= 11 is 3.23. The third-order valence-electron chi connectivity index (χ3n) is 3.23. The van der Waals surface area contributed by atoms with Crippen LogP contribution in [0.1, 0.15) is 28.8 Å². The van der Waals surface area contributed by atoms with E-state index in [1.165, 1.54) is 31.5 Å². The zero-order valence-corrected chi connectivity index (χ0v) is 12.6. The Kier molecular flexibility index (Phi) is 5.16. The molecule has 0 saturated carbocycles. The summed E-state index contributed by atoms with van der Waals surface area (Å²) in [5.41, 5.74) is 1.91. The second-order valence-electron chi connectivity index (χ2n) is 4.88. The highest BCUT2D eigenvalue weighted by Gasteiger charge is 2.12. The van der Waals surface area contributed by atoms with Gasteiger partial charge in [-0.25, -0.2) is 0 Å². The lowest BCUT2D eigenvalue weighted by Gasteiger charge is -2.15. The number of carbonyl (C=O) groups is 1. The van der Waals surface area contributed by atoms with Crippen LogP contribution in [0.2, 0.25) is 0 Å². The number of benzene rings is 1. The van der Waals surface area contributed by atoms with Gasteiger partial charge >= 0.3 is 0 Å². The third-order valence-corrected chi connectivity index (χ3v) is 3.52. The van der Waals surface area contributed by atoms with Gasteiger partial charge in [0.2, 0.25) is 0 Å². The predicted octanol–water partition coefficient (Wildman–Crippen LogP) is 2.92. The van der Waals surface area contributed by atoms with E-state index in [0.29, 0.717) is 12.1 Å². The number of nitrogens with zero attached hydrogens (tertiary/aromatic N) is 1. The van der Waals surface area contributed by atoms with Gasteiger partial charge in [-0.05, 0) is 43.6 Å². The van der Waals surface area contributed by atoms with E-state index in [2.05, 4.69) is 38.8 Å². The zero-order valence-electron chi connectivity index (χ0n) is 11.0. The lowest BCUT2D eigenvalue weighted by atomic mass is 10.1. The summed E-state index contributed by atoms with van der Waals surface area (Å²) < 4.78 is 0.772. The molecule has 0 spiro atoms. The number of carbonyl (C=O) groups excluding carboxylic acids is 1. The number of nitrogens with one attached hydrogen (secondary N) is 1. The van der Waals surface area contributed by atoms with Crippen LogP contribution < -0.4 is 5.32 Å². The number of hydrogen-bond acceptors (Lipinski definition) is 2. The molecule has 0 bridgehead atoms. The van der Waals surface area contributed by atoms with E-state index in [9.17, 15) is 4.79 Å². The normalized spacial score (nSPS) is 15.4. The van der Waals surface area contributed by atoms with Gasteiger partial charge in [0.1, 0.15) is 0 Å². The lowest BCUT2D eigenvalue weighted by Crippen LogP contribution is -2.24. The van der Waals surface area contributed by atoms with Gasteiger partial charge in [0.05, 0.1) is 0 Å². The third kappa shape index (κ3) is 4.48. The fourth-order valence-electron chi connectivity index (χ4n) is 2.29. The second kappa shape index (κ2) is 6.87. The smallest absolute Gasteiger partial charge is 0.251 e. The van der Waals surface area contributed by atoms with E-state index in [1.807, 2.05) is 18.2 Å². The van der Waals surface area contributed by atoms with Crippen molar-refractivity contribution in [2.24, 2.45) is 0 Å². The molecule has 4 heteroatoms. The molecule has 1 aromatic rings. The molecule has 1 saturated heterocycles. The molecule has 0 radical (unpaired) electrons. The van der Waals surface area contributed by atoms with Crippen LogP contribution in [0.3, 0.4) is 0 Å². The van der Waals surface area contributed by atoms with E-state index in [0.717, 1.165) is 11.0 Å². The molecule has 0 aliphatic carbocycles. The van der Waals surface area contributed by atoms with Gasteiger partial charge in [0.25, 0.3) is 5.91 Å². The van der Waals surface area contributed by atoms with Crippen LogP contribution >= 0.6 is 15.9 Å². The molecule has 1 heterocycles. The fraction of sp³-hybridized carbons (Fsp3) is 0.400. The van der Waals surface area contributed by atoms with Gasteiger partial charge in [-0.1, -0.05) is 34.6 Å². The first-order chi connectivity index (χ1) is 9.15. The molecule has 1 amide bonds. The number of halogens is 1. The molecular formula is C15H19BrN2O. The first-order valence-electron chi connectivity index (χ1n) is 6.58. The Labute approximate surface area is 122 Å². The van der Waals surface area contributed by atoms with Crippen molar-refractivity contribution in [3.8, 4) is 0 Å². The molecule has 0 atom stereocenters. The lowest BCUT2D eigenvalue weighted by molar-refractivity contribution is 0.0957. The van der Waals surface area contributed by atoms with Crippen molar-refractivity contribution in [3.63, 3.8) is 0 Å². The van der Waals surface area contributed by atoms with Gasteiger partial charge in [0.15, 0.2) is 0 Å². The van der Waals surface area contributed by atoms with Crippen molar-refractivity contribution >= 4 is 21.8 Å². The molecule has 1 N–H and O–H groups in total. The summed E-state index contributed by atoms with van der Waals surface area (Å²) in [7, 11) is 0. The molecular weight excluding hydrogens is 304 g/mol. The molecule has 0 aromatic heterocycles. The van der Waals surface area contributed by atoms with Crippen LogP contribution in [0, 0.1) is 0 Å². The standard InChI is InChI=1S/C15H19BrN2O/c1-12(16)10-17-15(19)14-6-4-5-13(9-14)11-18-7-2-3-8-18/h4-6,9H,1-3,7-8,10-11H2,(H,17,19). The summed E-state index contributed by atoms with van der Waals surface area (Å²) in [6.07, 6.45) is 2.57. The van der Waals surface area contributed by atoms with E-state index >= 15 is 0 Å². The average Bonchev–Trinajstić information content (AvgIpc) is 2.89. The second-order valence-corrected chi connectivity index (χ2v) is 6.01. The Morgan fingerprint density at radius 2 is 2.11 bits per heavy atom. The molecule has 1 aromatic carbocycles. The zero-order chi connectivity index (χ0) is 13.7. The van der Waals surface area contributed by atoms with Gasteiger partial charge in [-0.2, -0.15) is 0 Å². The number of amides is 1. The van der Waals surface area contributed by atoms with Crippen LogP contribution in [0.4, 0.5) is 0 Å². The molecule has 0 unspecified atom stereocenters. The fourth-order valence-corrected chi connectivity index (χ4v) is 2.43. The van der Waals surface area contributed by atoms with Gasteiger partial charge in [-0.15, -0.1) is 0 Å². The van der Waals surface area contributed by atoms with Crippen LogP contribution in [-0.2, 0) is 6.54 Å². The van der Waals surface area contributed by atoms with Crippen molar-refractivity contribution in [2.45, 2.75) is 19.4 Å². The van der Waals surface area contributed by atoms with E-state index in [4.69, 9.17) is 0 Å². The molecule has 3 nitrogen and oxygen atoms in total. The van der Waals surface area contributed by atoms with E-state index in [-0.39, 0.29) is 5.91 Å². The maximum Gasteiger partial charge on any atom is 0.251 e. The van der Waals surface area contributed by atoms with E-state index in [1.54, 1.807) is 0 Å². The van der Waals surface area contributed by atoms with Gasteiger partial charge in [0, 0.05) is 23.1 Å². The highest BCUT2D eigenvalue weighted by molar-refractivity contribution is 9.11. The first kappa shape index (κ1) is 14.3. The van der Waals surface area contributed by atoms with Gasteiger partial charge < -0.3 is 5.32 Å². The predicted molar refractivity (Wildman–Crippen MR) is 81.4 cm³/mol. The Bertz CT molecular complexity index is 467. The Balaban J connectivity index is 1.97. The average molecular weight is 323 g/mol. The molecule has 1 fully saturated rings. The van der Waals surface area contributed by atoms with Crippen molar-refractivity contribution < 1.29 is 4.79 Å². The van der Waals surface area contributed by atoms with Crippen molar-refractivity contribution in [2.75, 3.05) is 19.6 Å². The van der Waals surface area contributed by atoms with Crippen LogP contribution in [0.15, 0.2) is 35.3 Å². The van der Waals surface area contributed by atoms with E-state index < -0.39 is 0 Å². The summed E-state index contributed by atoms with van der Waals surface area (Å²) in [6, 6.07) is 7.85. The maximum absolute atomic E-state index is 12.0. The molecule has 102 valence electrons. The summed E-state index contributed by atoms with van der Waals surface area (Å²) in [5.74, 6) is -0.0520. The quantitative estimate of drug-likeness (QED) is 0.904. The maximum atomic E-state index is 12.0. The SMILES string of the molecule is C=C(Br)CNC(=O)c1cccc(CN2CCCC2)c1. The van der Waals surface area contributed by atoms with Crippen molar-refractivity contribution in [3.05, 3.63) is 46.5 Å². The highest BCUT2D eigenvalue weighted by Crippen LogP contribution is 2.14. The Morgan fingerprint density at radius 1 is 1.37 bits per heavy atom. The molecule has 2 rings (SSSR count). The van der Waals surface area contributed by atoms with Crippen molar-refractivity contribution in [1.29, 1.82) is 0 Å². The minimum absolute atomic E-state index is 0.0520. The number of rotatable bonds is 5. The first-order valence-corrected chi connectivity index (χ1v) is 7.37. The Hall–Kier alpha value is -1.13. The Morgan fingerprint density at radius 3 is 2.79 bits per heavy atom. The molecule has 1 aliphatic heterocycles. The minimum Gasteiger partial charge on any atom is -0.347 e. The molecule has 19 heavy (non-hydrogen) atoms. The van der Waals surface area contributed by atoms with Crippen LogP contribution in [0.25, 0.3) is 0 Å². The highest BCUT2D eigenvalue weighted by atomic mass is 79.9. The monoisotopic (exact) mass is 322 g/mol. The summed E-state index contributed by atoms with van der Waals surface area (Å²) in [4.78, 5) is 14.4. The number of likely N-dealkylation sites (tertiary alicyclic amines) is 1. The topological polar surface area (TPSA) is 32.3 Å². The number of hydrogen-bond donors (Lipinski definition) is 1. The summed E-state index contributed by atoms with van der Waals surface area (Å²) in [6.45, 7) is 7.43. The van der Waals surface area contributed by atoms with Crippen molar-refractivity contribution in [1.82, 2.24) is 10.2 Å². The molecule has 1 aliphatic rings. The van der Waals surface area contributed by atoms with Gasteiger partial charge in [-0.3, -0.25) is 9.69 Å². The van der Waals surface area contributed by atoms with Crippen LogP contribution in [-0.4, -0.2) is 30.4 Å². The van der Waals surface area contributed by atoms with Crippen LogP contribution in [0.5, 0.6) is 0 Å². The summed E-state index contributed by atoms with van der Waals surface area (Å²) in [5, 5.41) is 2.82. The minimum atomic E-state index is -0.0520.